The zero-order valence-electron chi connectivity index (χ0n) is 13.3. The third kappa shape index (κ3) is 5.18. The lowest BCUT2D eigenvalue weighted by atomic mass is 10.1. The van der Waals surface area contributed by atoms with Crippen molar-refractivity contribution in [2.75, 3.05) is 18.6 Å². The molecule has 9 heteroatoms. The number of sulfonamides is 1. The van der Waals surface area contributed by atoms with Crippen LogP contribution in [0.2, 0.25) is 0 Å². The number of esters is 1. The van der Waals surface area contributed by atoms with E-state index >= 15 is 0 Å². The highest BCUT2D eigenvalue weighted by Gasteiger charge is 2.25. The molecular formula is C16H17NO6S2. The molecule has 1 atom stereocenters. The Morgan fingerprint density at radius 2 is 1.88 bits per heavy atom. The lowest BCUT2D eigenvalue weighted by Crippen LogP contribution is -2.42. The van der Waals surface area contributed by atoms with Crippen LogP contribution in [0, 0.1) is 0 Å². The van der Waals surface area contributed by atoms with Crippen LogP contribution >= 0.6 is 11.8 Å². The smallest absolute Gasteiger partial charge is 0.322 e. The molecule has 0 spiro atoms. The van der Waals surface area contributed by atoms with E-state index < -0.39 is 28.0 Å². The maximum absolute atomic E-state index is 12.5. The van der Waals surface area contributed by atoms with E-state index in [1.807, 2.05) is 12.1 Å². The zero-order chi connectivity index (χ0) is 18.4. The predicted octanol–water partition coefficient (Wildman–Crippen LogP) is 1.48. The van der Waals surface area contributed by atoms with Gasteiger partial charge in [-0.3, -0.25) is 9.59 Å². The lowest BCUT2D eigenvalue weighted by Gasteiger charge is -2.14. The second-order valence-corrected chi connectivity index (χ2v) is 7.86. The molecule has 0 aliphatic carbocycles. The summed E-state index contributed by atoms with van der Waals surface area (Å²) in [5.74, 6) is -1.98. The van der Waals surface area contributed by atoms with Crippen molar-refractivity contribution in [3.63, 3.8) is 0 Å². The summed E-state index contributed by atoms with van der Waals surface area (Å²) in [6.45, 7) is 0. The van der Waals surface area contributed by atoms with Gasteiger partial charge < -0.3 is 9.84 Å². The van der Waals surface area contributed by atoms with Gasteiger partial charge in [0.1, 0.15) is 6.04 Å². The summed E-state index contributed by atoms with van der Waals surface area (Å²) in [7, 11) is -2.79. The molecule has 0 amide bonds. The number of ether oxygens (including phenoxy) is 1. The number of carbonyl (C=O) groups is 2. The summed E-state index contributed by atoms with van der Waals surface area (Å²) >= 11 is 0.978. The predicted molar refractivity (Wildman–Crippen MR) is 95.0 cm³/mol. The van der Waals surface area contributed by atoms with Crippen molar-refractivity contribution in [2.24, 2.45) is 0 Å². The van der Waals surface area contributed by atoms with E-state index in [9.17, 15) is 23.1 Å². The number of methoxy groups -OCH3 is 1. The number of hydrogen-bond donors (Lipinski definition) is 2. The average Bonchev–Trinajstić information content (AvgIpc) is 2.60. The Kier molecular flexibility index (Phi) is 6.40. The zero-order valence-corrected chi connectivity index (χ0v) is 15.0. The van der Waals surface area contributed by atoms with Gasteiger partial charge in [-0.2, -0.15) is 4.72 Å². The molecule has 0 aromatic heterocycles. The van der Waals surface area contributed by atoms with Crippen LogP contribution in [-0.4, -0.2) is 50.1 Å². The van der Waals surface area contributed by atoms with Crippen molar-refractivity contribution in [3.05, 3.63) is 42.5 Å². The molecule has 2 rings (SSSR count). The summed E-state index contributed by atoms with van der Waals surface area (Å²) in [4.78, 5) is 22.4. The molecule has 2 aromatic rings. The van der Waals surface area contributed by atoms with Gasteiger partial charge in [0.25, 0.3) is 0 Å². The third-order valence-corrected chi connectivity index (χ3v) is 5.84. The van der Waals surface area contributed by atoms with E-state index in [1.165, 1.54) is 19.2 Å². The number of benzene rings is 2. The third-order valence-electron chi connectivity index (χ3n) is 3.36. The molecule has 0 heterocycles. The number of fused-ring (bicyclic) bond motifs is 1. The van der Waals surface area contributed by atoms with Gasteiger partial charge in [0.15, 0.2) is 0 Å². The minimum atomic E-state index is -4.01. The first-order chi connectivity index (χ1) is 11.8. The first-order valence-electron chi connectivity index (χ1n) is 7.22. The van der Waals surface area contributed by atoms with E-state index in [1.54, 1.807) is 18.2 Å². The van der Waals surface area contributed by atoms with Crippen LogP contribution in [0.3, 0.4) is 0 Å². The van der Waals surface area contributed by atoms with Gasteiger partial charge in [0.2, 0.25) is 10.0 Å². The molecule has 0 aliphatic rings. The fraction of sp³-hybridized carbons (Fsp3) is 0.250. The van der Waals surface area contributed by atoms with Gasteiger partial charge in [-0.25, -0.2) is 8.42 Å². The molecular weight excluding hydrogens is 366 g/mol. The molecule has 0 unspecified atom stereocenters. The van der Waals surface area contributed by atoms with Gasteiger partial charge >= 0.3 is 11.9 Å². The molecule has 2 aromatic carbocycles. The van der Waals surface area contributed by atoms with Crippen LogP contribution < -0.4 is 4.72 Å². The summed E-state index contributed by atoms with van der Waals surface area (Å²) in [5.41, 5.74) is 0. The molecule has 0 bridgehead atoms. The lowest BCUT2D eigenvalue weighted by molar-refractivity contribution is -0.139. The Morgan fingerprint density at radius 1 is 1.20 bits per heavy atom. The van der Waals surface area contributed by atoms with Crippen LogP contribution in [-0.2, 0) is 24.3 Å². The second-order valence-electron chi connectivity index (χ2n) is 5.11. The highest BCUT2D eigenvalue weighted by Crippen LogP contribution is 2.19. The van der Waals surface area contributed by atoms with Gasteiger partial charge in [0, 0.05) is 5.75 Å². The van der Waals surface area contributed by atoms with Gasteiger partial charge in [-0.05, 0) is 22.9 Å². The fourth-order valence-corrected chi connectivity index (χ4v) is 4.26. The normalized spacial score (nSPS) is 12.7. The van der Waals surface area contributed by atoms with E-state index in [2.05, 4.69) is 9.46 Å². The molecule has 0 radical (unpaired) electrons. The van der Waals surface area contributed by atoms with E-state index in [0.717, 1.165) is 22.5 Å². The van der Waals surface area contributed by atoms with Crippen LogP contribution in [0.25, 0.3) is 10.8 Å². The van der Waals surface area contributed by atoms with Gasteiger partial charge in [0.05, 0.1) is 17.8 Å². The Labute approximate surface area is 149 Å². The van der Waals surface area contributed by atoms with Crippen LogP contribution in [0.1, 0.15) is 0 Å². The molecule has 134 valence electrons. The number of hydrogen-bond acceptors (Lipinski definition) is 6. The largest absolute Gasteiger partial charge is 0.480 e. The molecule has 0 saturated carbocycles. The highest BCUT2D eigenvalue weighted by molar-refractivity contribution is 8.00. The van der Waals surface area contributed by atoms with Crippen molar-refractivity contribution < 1.29 is 27.9 Å². The molecule has 0 fully saturated rings. The van der Waals surface area contributed by atoms with E-state index in [0.29, 0.717) is 0 Å². The fourth-order valence-electron chi connectivity index (χ4n) is 2.06. The number of aliphatic carboxylic acids is 1. The Bertz CT molecular complexity index is 881. The standard InChI is InChI=1S/C16H17NO6S2/c1-23-15(18)10-24-9-14(16(19)20)17-25(21,22)13-7-6-11-4-2-3-5-12(11)8-13/h2-8,14,17H,9-10H2,1H3,(H,19,20)/t14-/m0/s1. The van der Waals surface area contributed by atoms with Crippen molar-refractivity contribution >= 4 is 44.5 Å². The number of carbonyl (C=O) groups excluding carboxylic acids is 1. The first kappa shape index (κ1) is 19.2. The van der Waals surface area contributed by atoms with Crippen molar-refractivity contribution in [2.45, 2.75) is 10.9 Å². The summed E-state index contributed by atoms with van der Waals surface area (Å²) in [5, 5.41) is 10.8. The SMILES string of the molecule is COC(=O)CSC[C@H](NS(=O)(=O)c1ccc2ccccc2c1)C(=O)O. The highest BCUT2D eigenvalue weighted by atomic mass is 32.2. The molecule has 25 heavy (non-hydrogen) atoms. The monoisotopic (exact) mass is 383 g/mol. The first-order valence-corrected chi connectivity index (χ1v) is 9.86. The quantitative estimate of drug-likeness (QED) is 0.664. The number of carboxylic acid groups (broad SMARTS) is 1. The summed E-state index contributed by atoms with van der Waals surface area (Å²) in [6, 6.07) is 10.5. The summed E-state index contributed by atoms with van der Waals surface area (Å²) < 4.78 is 31.6. The second kappa shape index (κ2) is 8.32. The molecule has 0 saturated heterocycles. The van der Waals surface area contributed by atoms with Gasteiger partial charge in [-0.1, -0.05) is 30.3 Å². The van der Waals surface area contributed by atoms with Crippen LogP contribution in [0.5, 0.6) is 0 Å². The minimum Gasteiger partial charge on any atom is -0.480 e. The molecule has 0 aliphatic heterocycles. The van der Waals surface area contributed by atoms with Crippen molar-refractivity contribution in [3.8, 4) is 0 Å². The number of nitrogens with one attached hydrogen (secondary N) is 1. The maximum atomic E-state index is 12.5. The minimum absolute atomic E-state index is 0.0181. The number of carboxylic acids is 1. The average molecular weight is 383 g/mol. The van der Waals surface area contributed by atoms with E-state index in [-0.39, 0.29) is 16.4 Å². The number of rotatable bonds is 8. The van der Waals surface area contributed by atoms with Crippen molar-refractivity contribution in [1.29, 1.82) is 0 Å². The summed E-state index contributed by atoms with van der Waals surface area (Å²) in [6.07, 6.45) is 0. The van der Waals surface area contributed by atoms with Crippen molar-refractivity contribution in [1.82, 2.24) is 4.72 Å². The Morgan fingerprint density at radius 3 is 2.52 bits per heavy atom. The van der Waals surface area contributed by atoms with E-state index in [4.69, 9.17) is 0 Å². The molecule has 2 N–H and O–H groups in total. The number of thioether (sulfide) groups is 1. The van der Waals surface area contributed by atoms with Gasteiger partial charge in [-0.15, -0.1) is 11.8 Å². The van der Waals surface area contributed by atoms with Crippen LogP contribution in [0.4, 0.5) is 0 Å². The Hall–Kier alpha value is -2.10. The topological polar surface area (TPSA) is 110 Å². The maximum Gasteiger partial charge on any atom is 0.322 e. The van der Waals surface area contributed by atoms with Crippen LogP contribution in [0.15, 0.2) is 47.4 Å². The molecule has 7 nitrogen and oxygen atoms in total. The Balaban J connectivity index is 2.15.